The highest BCUT2D eigenvalue weighted by Gasteiger charge is 2.48. The molecule has 2 heterocycles. The lowest BCUT2D eigenvalue weighted by Crippen LogP contribution is -2.72. The predicted molar refractivity (Wildman–Crippen MR) is 83.1 cm³/mol. The first-order chi connectivity index (χ1) is 11.5. The Hall–Kier alpha value is -2.01. The van der Waals surface area contributed by atoms with Crippen LogP contribution in [0, 0.1) is 17.0 Å². The van der Waals surface area contributed by atoms with Gasteiger partial charge in [-0.25, -0.2) is 13.6 Å². The first-order valence-electron chi connectivity index (χ1n) is 7.04. The van der Waals surface area contributed by atoms with Gasteiger partial charge in [-0.15, -0.1) is 0 Å². The monoisotopic (exact) mass is 383 g/mol. The number of rotatable bonds is 1. The van der Waals surface area contributed by atoms with E-state index in [0.29, 0.717) is 16.2 Å². The van der Waals surface area contributed by atoms with Gasteiger partial charge in [0.2, 0.25) is 0 Å². The third kappa shape index (κ3) is 4.75. The molecule has 25 heavy (non-hydrogen) atoms. The number of benzene rings is 1. The smallest absolute Gasteiger partial charge is 0.475 e. The maximum absolute atomic E-state index is 13.0. The van der Waals surface area contributed by atoms with Crippen molar-refractivity contribution in [2.45, 2.75) is 6.18 Å². The van der Waals surface area contributed by atoms with Crippen molar-refractivity contribution in [3.05, 3.63) is 29.8 Å². The van der Waals surface area contributed by atoms with Crippen LogP contribution in [0.4, 0.5) is 27.6 Å². The van der Waals surface area contributed by atoms with Crippen LogP contribution < -0.4 is 10.6 Å². The van der Waals surface area contributed by atoms with Crippen molar-refractivity contribution < 1.29 is 31.9 Å². The van der Waals surface area contributed by atoms with Gasteiger partial charge < -0.3 is 20.6 Å². The molecule has 0 bridgehead atoms. The summed E-state index contributed by atoms with van der Waals surface area (Å²) in [6.45, 7) is 3.93. The summed E-state index contributed by atoms with van der Waals surface area (Å²) < 4.78 is 57.5. The number of likely N-dealkylation sites (tertiary alicyclic amines) is 1. The van der Waals surface area contributed by atoms with Crippen LogP contribution in [0.5, 0.6) is 0 Å². The third-order valence-corrected chi connectivity index (χ3v) is 4.11. The van der Waals surface area contributed by atoms with Gasteiger partial charge in [-0.3, -0.25) is 0 Å². The van der Waals surface area contributed by atoms with E-state index in [1.165, 1.54) is 6.07 Å². The molecule has 1 spiro atoms. The number of nitrogens with zero attached hydrogens (tertiary/aromatic N) is 1. The fraction of sp³-hybridized carbons (Fsp3) is 0.429. The number of hydrogen-bond donors (Lipinski definition) is 3. The van der Waals surface area contributed by atoms with Crippen LogP contribution in [0.15, 0.2) is 18.2 Å². The molecule has 0 aliphatic carbocycles. The second-order valence-electron chi connectivity index (χ2n) is 5.82. The minimum atomic E-state index is -5.08. The van der Waals surface area contributed by atoms with E-state index < -0.39 is 23.8 Å². The van der Waals surface area contributed by atoms with Crippen LogP contribution in [0.1, 0.15) is 0 Å². The number of carboxylic acids is 1. The Labute approximate surface area is 144 Å². The summed E-state index contributed by atoms with van der Waals surface area (Å²) in [5.41, 5.74) is 0.867. The molecule has 2 saturated heterocycles. The number of alkyl halides is 3. The van der Waals surface area contributed by atoms with Crippen molar-refractivity contribution in [3.63, 3.8) is 0 Å². The standard InChI is InChI=1S/C12H13F2N3S.C2HF3O2/c13-9-2-1-8(3-10(9)14)16-11(18)17-6-12(7-17)4-15-5-12;3-2(4,5)1(6)7/h1-3,15H,4-7H2,(H,16,18);(H,6,7). The highest BCUT2D eigenvalue weighted by Crippen LogP contribution is 2.34. The van der Waals surface area contributed by atoms with Gasteiger partial charge in [-0.05, 0) is 24.4 Å². The normalized spacial score (nSPS) is 17.7. The molecule has 0 aromatic heterocycles. The molecule has 0 unspecified atom stereocenters. The lowest BCUT2D eigenvalue weighted by molar-refractivity contribution is -0.192. The van der Waals surface area contributed by atoms with Crippen molar-refractivity contribution in [2.75, 3.05) is 31.5 Å². The van der Waals surface area contributed by atoms with Crippen LogP contribution in [0.2, 0.25) is 0 Å². The molecule has 0 radical (unpaired) electrons. The number of carboxylic acid groups (broad SMARTS) is 1. The molecule has 0 saturated carbocycles. The quantitative estimate of drug-likeness (QED) is 0.511. The molecule has 11 heteroatoms. The largest absolute Gasteiger partial charge is 0.490 e. The Balaban J connectivity index is 0.000000277. The maximum atomic E-state index is 13.0. The van der Waals surface area contributed by atoms with Gasteiger partial charge in [0.05, 0.1) is 0 Å². The number of carbonyl (C=O) groups is 1. The van der Waals surface area contributed by atoms with Crippen molar-refractivity contribution in [3.8, 4) is 0 Å². The second kappa shape index (κ2) is 7.08. The highest BCUT2D eigenvalue weighted by molar-refractivity contribution is 7.80. The maximum Gasteiger partial charge on any atom is 0.490 e. The molecular formula is C14H14F5N3O2S. The zero-order valence-electron chi connectivity index (χ0n) is 12.7. The summed E-state index contributed by atoms with van der Waals surface area (Å²) in [6, 6.07) is 3.68. The molecule has 0 amide bonds. The molecular weight excluding hydrogens is 369 g/mol. The minimum absolute atomic E-state index is 0.389. The summed E-state index contributed by atoms with van der Waals surface area (Å²) in [7, 11) is 0. The number of aliphatic carboxylic acids is 1. The molecule has 3 rings (SSSR count). The second-order valence-corrected chi connectivity index (χ2v) is 6.21. The molecule has 5 nitrogen and oxygen atoms in total. The van der Waals surface area contributed by atoms with E-state index in [-0.39, 0.29) is 0 Å². The van der Waals surface area contributed by atoms with Crippen LogP contribution in [-0.4, -0.2) is 53.4 Å². The molecule has 1 aromatic rings. The van der Waals surface area contributed by atoms with Crippen molar-refractivity contribution in [1.82, 2.24) is 10.2 Å². The number of thiocarbonyl (C=S) groups is 1. The van der Waals surface area contributed by atoms with Gasteiger partial charge in [0, 0.05) is 43.3 Å². The number of nitrogens with one attached hydrogen (secondary N) is 2. The highest BCUT2D eigenvalue weighted by atomic mass is 32.1. The zero-order valence-corrected chi connectivity index (χ0v) is 13.5. The lowest BCUT2D eigenvalue weighted by Gasteiger charge is -2.56. The van der Waals surface area contributed by atoms with E-state index in [1.54, 1.807) is 0 Å². The van der Waals surface area contributed by atoms with E-state index >= 15 is 0 Å². The Morgan fingerprint density at radius 2 is 1.80 bits per heavy atom. The average molecular weight is 383 g/mol. The van der Waals surface area contributed by atoms with Crippen molar-refractivity contribution in [2.24, 2.45) is 5.41 Å². The summed E-state index contributed by atoms with van der Waals surface area (Å²) >= 11 is 5.24. The minimum Gasteiger partial charge on any atom is -0.475 e. The summed E-state index contributed by atoms with van der Waals surface area (Å²) in [4.78, 5) is 10.9. The van der Waals surface area contributed by atoms with E-state index in [4.69, 9.17) is 22.1 Å². The molecule has 138 valence electrons. The molecule has 1 aromatic carbocycles. The van der Waals surface area contributed by atoms with E-state index in [0.717, 1.165) is 38.3 Å². The Kier molecular flexibility index (Phi) is 5.47. The number of anilines is 1. The SMILES string of the molecule is Fc1ccc(NC(=S)N2CC3(CNC3)C2)cc1F.O=C(O)C(F)(F)F. The van der Waals surface area contributed by atoms with E-state index in [1.807, 2.05) is 4.90 Å². The third-order valence-electron chi connectivity index (χ3n) is 3.75. The lowest BCUT2D eigenvalue weighted by atomic mass is 9.75. The Morgan fingerprint density at radius 3 is 2.20 bits per heavy atom. The fourth-order valence-electron chi connectivity index (χ4n) is 2.39. The average Bonchev–Trinajstić information content (AvgIpc) is 2.39. The van der Waals surface area contributed by atoms with Gasteiger partial charge >= 0.3 is 12.1 Å². The van der Waals surface area contributed by atoms with Crippen molar-refractivity contribution in [1.29, 1.82) is 0 Å². The van der Waals surface area contributed by atoms with Gasteiger partial charge in [-0.2, -0.15) is 13.2 Å². The molecule has 2 aliphatic rings. The van der Waals surface area contributed by atoms with Gasteiger partial charge in [0.25, 0.3) is 0 Å². The summed E-state index contributed by atoms with van der Waals surface area (Å²) in [6.07, 6.45) is -5.08. The van der Waals surface area contributed by atoms with Gasteiger partial charge in [-0.1, -0.05) is 0 Å². The topological polar surface area (TPSA) is 64.6 Å². The summed E-state index contributed by atoms with van der Waals surface area (Å²) in [5.74, 6) is -4.48. The van der Waals surface area contributed by atoms with Crippen LogP contribution in [-0.2, 0) is 4.79 Å². The first kappa shape index (κ1) is 19.3. The van der Waals surface area contributed by atoms with Crippen LogP contribution >= 0.6 is 12.2 Å². The van der Waals surface area contributed by atoms with E-state index in [2.05, 4.69) is 10.6 Å². The molecule has 2 aliphatic heterocycles. The van der Waals surface area contributed by atoms with Gasteiger partial charge in [0.15, 0.2) is 16.7 Å². The summed E-state index contributed by atoms with van der Waals surface area (Å²) in [5, 5.41) is 13.9. The molecule has 2 fully saturated rings. The Bertz CT molecular complexity index is 671. The van der Waals surface area contributed by atoms with Crippen LogP contribution in [0.3, 0.4) is 0 Å². The molecule has 3 N–H and O–H groups in total. The zero-order chi connectivity index (χ0) is 18.8. The Morgan fingerprint density at radius 1 is 1.24 bits per heavy atom. The van der Waals surface area contributed by atoms with Crippen molar-refractivity contribution >= 4 is 29.0 Å². The number of hydrogen-bond acceptors (Lipinski definition) is 3. The molecule has 0 atom stereocenters. The predicted octanol–water partition coefficient (Wildman–Crippen LogP) is 2.20. The van der Waals surface area contributed by atoms with Crippen LogP contribution in [0.25, 0.3) is 0 Å². The van der Waals surface area contributed by atoms with Gasteiger partial charge in [0.1, 0.15) is 0 Å². The van der Waals surface area contributed by atoms with E-state index in [9.17, 15) is 22.0 Å². The number of halogens is 5. The fourth-order valence-corrected chi connectivity index (χ4v) is 2.63. The first-order valence-corrected chi connectivity index (χ1v) is 7.45.